The molecule has 1 heterocycles. The fourth-order valence-electron chi connectivity index (χ4n) is 2.47. The highest BCUT2D eigenvalue weighted by molar-refractivity contribution is 5.79. The van der Waals surface area contributed by atoms with E-state index in [1.54, 1.807) is 0 Å². The largest absolute Gasteiger partial charge is 0.340 e. The zero-order valence-electron chi connectivity index (χ0n) is 12.1. The van der Waals surface area contributed by atoms with Gasteiger partial charge in [0.1, 0.15) is 0 Å². The van der Waals surface area contributed by atoms with Crippen molar-refractivity contribution in [3.8, 4) is 0 Å². The molecule has 1 atom stereocenters. The van der Waals surface area contributed by atoms with Crippen LogP contribution in [0.2, 0.25) is 0 Å². The molecule has 0 saturated carbocycles. The van der Waals surface area contributed by atoms with Crippen LogP contribution in [0.15, 0.2) is 24.3 Å². The average molecular weight is 260 g/mol. The summed E-state index contributed by atoms with van der Waals surface area (Å²) in [4.78, 5) is 14.2. The van der Waals surface area contributed by atoms with Gasteiger partial charge in [0.2, 0.25) is 5.91 Å². The molecule has 3 nitrogen and oxygen atoms in total. The Hall–Kier alpha value is -1.35. The van der Waals surface area contributed by atoms with Crippen molar-refractivity contribution in [3.63, 3.8) is 0 Å². The molecule has 0 aliphatic carbocycles. The van der Waals surface area contributed by atoms with E-state index in [2.05, 4.69) is 50.4 Å². The average Bonchev–Trinajstić information content (AvgIpc) is 2.39. The van der Waals surface area contributed by atoms with Crippen LogP contribution in [-0.2, 0) is 11.2 Å². The van der Waals surface area contributed by atoms with Crippen molar-refractivity contribution in [2.24, 2.45) is 0 Å². The maximum Gasteiger partial charge on any atom is 0.227 e. The van der Waals surface area contributed by atoms with Gasteiger partial charge >= 0.3 is 0 Å². The first kappa shape index (κ1) is 14.1. The van der Waals surface area contributed by atoms with Crippen LogP contribution in [0, 0.1) is 0 Å². The molecule has 1 fully saturated rings. The van der Waals surface area contributed by atoms with Gasteiger partial charge in [0.05, 0.1) is 6.42 Å². The van der Waals surface area contributed by atoms with E-state index in [9.17, 15) is 4.79 Å². The fourth-order valence-corrected chi connectivity index (χ4v) is 2.47. The molecular weight excluding hydrogens is 236 g/mol. The number of benzene rings is 1. The van der Waals surface area contributed by atoms with Gasteiger partial charge in [0.15, 0.2) is 0 Å². The monoisotopic (exact) mass is 260 g/mol. The second kappa shape index (κ2) is 6.20. The Morgan fingerprint density at radius 1 is 1.37 bits per heavy atom. The summed E-state index contributed by atoms with van der Waals surface area (Å²) >= 11 is 0. The molecule has 3 heteroatoms. The molecule has 1 amide bonds. The number of piperazine rings is 1. The highest BCUT2D eigenvalue weighted by atomic mass is 16.2. The lowest BCUT2D eigenvalue weighted by Gasteiger charge is -2.32. The second-order valence-corrected chi connectivity index (χ2v) is 5.77. The molecule has 104 valence electrons. The van der Waals surface area contributed by atoms with Gasteiger partial charge in [-0.25, -0.2) is 0 Å². The summed E-state index contributed by atoms with van der Waals surface area (Å²) in [5.41, 5.74) is 2.44. The van der Waals surface area contributed by atoms with Gasteiger partial charge in [-0.2, -0.15) is 0 Å². The summed E-state index contributed by atoms with van der Waals surface area (Å²) in [5.74, 6) is 0.782. The molecule has 1 aromatic rings. The maximum absolute atomic E-state index is 12.2. The number of hydrogen-bond donors (Lipinski definition) is 1. The van der Waals surface area contributed by atoms with Gasteiger partial charge in [-0.1, -0.05) is 38.1 Å². The van der Waals surface area contributed by atoms with E-state index in [0.717, 1.165) is 25.2 Å². The second-order valence-electron chi connectivity index (χ2n) is 5.77. The van der Waals surface area contributed by atoms with Crippen molar-refractivity contribution < 1.29 is 4.79 Å². The van der Waals surface area contributed by atoms with Crippen molar-refractivity contribution >= 4 is 5.91 Å². The fraction of sp³-hybridized carbons (Fsp3) is 0.562. The topological polar surface area (TPSA) is 32.3 Å². The lowest BCUT2D eigenvalue weighted by atomic mass is 10.0. The molecule has 2 rings (SSSR count). The summed E-state index contributed by atoms with van der Waals surface area (Å²) in [6.45, 7) is 9.04. The van der Waals surface area contributed by atoms with E-state index in [1.807, 2.05) is 4.90 Å². The minimum absolute atomic E-state index is 0.241. The summed E-state index contributed by atoms with van der Waals surface area (Å²) in [6, 6.07) is 8.83. The highest BCUT2D eigenvalue weighted by Gasteiger charge is 2.20. The van der Waals surface area contributed by atoms with E-state index < -0.39 is 0 Å². The maximum atomic E-state index is 12.2. The zero-order chi connectivity index (χ0) is 13.8. The number of carbonyl (C=O) groups is 1. The van der Waals surface area contributed by atoms with Gasteiger partial charge in [-0.05, 0) is 24.0 Å². The summed E-state index contributed by atoms with van der Waals surface area (Å²) in [6.07, 6.45) is 0.519. The molecule has 19 heavy (non-hydrogen) atoms. The smallest absolute Gasteiger partial charge is 0.227 e. The number of rotatable bonds is 3. The van der Waals surface area contributed by atoms with Crippen molar-refractivity contribution in [1.82, 2.24) is 10.2 Å². The molecule has 1 aromatic carbocycles. The van der Waals surface area contributed by atoms with E-state index in [4.69, 9.17) is 0 Å². The van der Waals surface area contributed by atoms with Crippen LogP contribution in [0.25, 0.3) is 0 Å². The molecule has 0 aromatic heterocycles. The van der Waals surface area contributed by atoms with Crippen LogP contribution in [-0.4, -0.2) is 36.5 Å². The molecular formula is C16H24N2O. The lowest BCUT2D eigenvalue weighted by molar-refractivity contribution is -0.131. The molecule has 1 saturated heterocycles. The van der Waals surface area contributed by atoms with Crippen molar-refractivity contribution in [2.45, 2.75) is 39.2 Å². The van der Waals surface area contributed by atoms with E-state index >= 15 is 0 Å². The minimum atomic E-state index is 0.241. The predicted octanol–water partition coefficient (Wildman–Crippen LogP) is 2.17. The van der Waals surface area contributed by atoms with Crippen LogP contribution in [0.4, 0.5) is 0 Å². The first-order valence-electron chi connectivity index (χ1n) is 7.16. The van der Waals surface area contributed by atoms with Crippen molar-refractivity contribution in [1.29, 1.82) is 0 Å². The normalized spacial score (nSPS) is 19.8. The Kier molecular flexibility index (Phi) is 4.59. The van der Waals surface area contributed by atoms with Crippen LogP contribution in [0.3, 0.4) is 0 Å². The first-order chi connectivity index (χ1) is 9.06. The SMILES string of the molecule is CC1CN(C(=O)Cc2ccc(C(C)C)cc2)CCN1. The number of amides is 1. The van der Waals surface area contributed by atoms with E-state index in [0.29, 0.717) is 18.4 Å². The van der Waals surface area contributed by atoms with Gasteiger partial charge in [0.25, 0.3) is 0 Å². The van der Waals surface area contributed by atoms with Gasteiger partial charge < -0.3 is 10.2 Å². The number of nitrogens with zero attached hydrogens (tertiary/aromatic N) is 1. The van der Waals surface area contributed by atoms with Gasteiger partial charge in [-0.15, -0.1) is 0 Å². The lowest BCUT2D eigenvalue weighted by Crippen LogP contribution is -2.51. The third-order valence-electron chi connectivity index (χ3n) is 3.72. The first-order valence-corrected chi connectivity index (χ1v) is 7.16. The van der Waals surface area contributed by atoms with Gasteiger partial charge in [-0.3, -0.25) is 4.79 Å². The van der Waals surface area contributed by atoms with Crippen LogP contribution in [0.5, 0.6) is 0 Å². The third kappa shape index (κ3) is 3.80. The van der Waals surface area contributed by atoms with Gasteiger partial charge in [0, 0.05) is 25.7 Å². The quantitative estimate of drug-likeness (QED) is 0.903. The van der Waals surface area contributed by atoms with Crippen LogP contribution < -0.4 is 5.32 Å². The summed E-state index contributed by atoms with van der Waals surface area (Å²) in [5, 5.41) is 3.36. The molecule has 1 unspecified atom stereocenters. The number of nitrogens with one attached hydrogen (secondary N) is 1. The highest BCUT2D eigenvalue weighted by Crippen LogP contribution is 2.15. The molecule has 1 aliphatic heterocycles. The van der Waals surface area contributed by atoms with Crippen LogP contribution >= 0.6 is 0 Å². The third-order valence-corrected chi connectivity index (χ3v) is 3.72. The predicted molar refractivity (Wildman–Crippen MR) is 78.3 cm³/mol. The number of hydrogen-bond acceptors (Lipinski definition) is 2. The zero-order valence-corrected chi connectivity index (χ0v) is 12.1. The van der Waals surface area contributed by atoms with E-state index in [-0.39, 0.29) is 5.91 Å². The molecule has 1 N–H and O–H groups in total. The van der Waals surface area contributed by atoms with Crippen LogP contribution in [0.1, 0.15) is 37.8 Å². The standard InChI is InChI=1S/C16H24N2O/c1-12(2)15-6-4-14(5-7-15)10-16(19)18-9-8-17-13(3)11-18/h4-7,12-13,17H,8-11H2,1-3H3. The van der Waals surface area contributed by atoms with Crippen molar-refractivity contribution in [2.75, 3.05) is 19.6 Å². The molecule has 0 spiro atoms. The Balaban J connectivity index is 1.94. The summed E-state index contributed by atoms with van der Waals surface area (Å²) in [7, 11) is 0. The number of carbonyl (C=O) groups excluding carboxylic acids is 1. The molecule has 0 bridgehead atoms. The molecule has 0 radical (unpaired) electrons. The van der Waals surface area contributed by atoms with Crippen molar-refractivity contribution in [3.05, 3.63) is 35.4 Å². The van der Waals surface area contributed by atoms with E-state index in [1.165, 1.54) is 5.56 Å². The summed E-state index contributed by atoms with van der Waals surface area (Å²) < 4.78 is 0. The molecule has 1 aliphatic rings. The Bertz CT molecular complexity index is 425. The Morgan fingerprint density at radius 2 is 2.05 bits per heavy atom. The minimum Gasteiger partial charge on any atom is -0.340 e. The Labute approximate surface area is 116 Å². The Morgan fingerprint density at radius 3 is 2.63 bits per heavy atom.